The number of carbonyl (C=O) groups is 2. The first-order valence-corrected chi connectivity index (χ1v) is 6.89. The number of thioether (sulfide) groups is 1. The maximum absolute atomic E-state index is 11.0. The number of amides is 1. The number of hydrogen-bond donors (Lipinski definition) is 2. The van der Waals surface area contributed by atoms with Crippen LogP contribution in [0.5, 0.6) is 0 Å². The van der Waals surface area contributed by atoms with Crippen molar-refractivity contribution in [1.82, 2.24) is 15.3 Å². The zero-order valence-electron chi connectivity index (χ0n) is 10.7. The first-order valence-electron chi connectivity index (χ1n) is 5.91. The summed E-state index contributed by atoms with van der Waals surface area (Å²) < 4.78 is 0. The molecule has 1 heterocycles. The lowest BCUT2D eigenvalue weighted by atomic mass is 10.3. The van der Waals surface area contributed by atoms with Gasteiger partial charge in [-0.05, 0) is 12.1 Å². The number of carboxylic acid groups (broad SMARTS) is 1. The standard InChI is InChI=1S/C13H13N3O3S/c1-8(17)15-11(13(18)19)7-20-12-6-14-9-4-2-3-5-10(9)16-12/h2-6,11H,7H2,1H3,(H,15,17)(H,18,19)/t11-/m0/s1. The molecule has 0 spiro atoms. The van der Waals surface area contributed by atoms with Crippen molar-refractivity contribution in [2.24, 2.45) is 0 Å². The van der Waals surface area contributed by atoms with Crippen LogP contribution in [-0.2, 0) is 9.59 Å². The molecule has 1 aromatic carbocycles. The molecule has 2 aromatic rings. The molecule has 7 heteroatoms. The van der Waals surface area contributed by atoms with Crippen LogP contribution in [0.1, 0.15) is 6.92 Å². The number of carbonyl (C=O) groups excluding carboxylic acids is 1. The summed E-state index contributed by atoms with van der Waals surface area (Å²) in [7, 11) is 0. The number of aliphatic carboxylic acids is 1. The van der Waals surface area contributed by atoms with Crippen LogP contribution in [0.25, 0.3) is 11.0 Å². The van der Waals surface area contributed by atoms with E-state index in [0.29, 0.717) is 5.03 Å². The molecule has 0 aliphatic rings. The quantitative estimate of drug-likeness (QED) is 0.807. The lowest BCUT2D eigenvalue weighted by Gasteiger charge is -2.12. The minimum Gasteiger partial charge on any atom is -0.480 e. The molecule has 1 aromatic heterocycles. The number of benzene rings is 1. The second-order valence-corrected chi connectivity index (χ2v) is 5.14. The van der Waals surface area contributed by atoms with Gasteiger partial charge in [0.2, 0.25) is 5.91 Å². The minimum absolute atomic E-state index is 0.196. The summed E-state index contributed by atoms with van der Waals surface area (Å²) >= 11 is 1.24. The topological polar surface area (TPSA) is 92.2 Å². The normalized spacial score (nSPS) is 12.1. The van der Waals surface area contributed by atoms with E-state index >= 15 is 0 Å². The zero-order chi connectivity index (χ0) is 14.5. The molecule has 0 unspecified atom stereocenters. The summed E-state index contributed by atoms with van der Waals surface area (Å²) in [5.41, 5.74) is 1.54. The molecule has 0 fully saturated rings. The molecule has 2 N–H and O–H groups in total. The Hall–Kier alpha value is -2.15. The molecule has 0 aliphatic carbocycles. The summed E-state index contributed by atoms with van der Waals surface area (Å²) in [6.07, 6.45) is 1.60. The van der Waals surface area contributed by atoms with Gasteiger partial charge in [0.1, 0.15) is 11.1 Å². The van der Waals surface area contributed by atoms with Crippen LogP contribution in [-0.4, -0.2) is 38.7 Å². The Kier molecular flexibility index (Phi) is 4.52. The number of para-hydroxylation sites is 2. The zero-order valence-corrected chi connectivity index (χ0v) is 11.6. The van der Waals surface area contributed by atoms with E-state index in [-0.39, 0.29) is 11.7 Å². The van der Waals surface area contributed by atoms with Gasteiger partial charge in [0, 0.05) is 12.7 Å². The Morgan fingerprint density at radius 1 is 1.35 bits per heavy atom. The van der Waals surface area contributed by atoms with Crippen molar-refractivity contribution in [3.8, 4) is 0 Å². The molecule has 1 amide bonds. The predicted octanol–water partition coefficient (Wildman–Crippen LogP) is 1.31. The van der Waals surface area contributed by atoms with E-state index in [1.807, 2.05) is 24.3 Å². The van der Waals surface area contributed by atoms with Gasteiger partial charge in [-0.2, -0.15) is 0 Å². The maximum atomic E-state index is 11.0. The lowest BCUT2D eigenvalue weighted by molar-refractivity contribution is -0.140. The summed E-state index contributed by atoms with van der Waals surface area (Å²) in [6.45, 7) is 1.29. The summed E-state index contributed by atoms with van der Waals surface area (Å²) in [5, 5.41) is 12.0. The molecule has 1 atom stereocenters. The summed E-state index contributed by atoms with van der Waals surface area (Å²) in [6, 6.07) is 6.50. The highest BCUT2D eigenvalue weighted by Crippen LogP contribution is 2.18. The first-order chi connectivity index (χ1) is 9.56. The molecule has 2 rings (SSSR count). The van der Waals surface area contributed by atoms with Gasteiger partial charge in [-0.25, -0.2) is 9.78 Å². The third kappa shape index (κ3) is 3.67. The van der Waals surface area contributed by atoms with Crippen molar-refractivity contribution in [2.45, 2.75) is 18.0 Å². The fraction of sp³-hybridized carbons (Fsp3) is 0.231. The Bertz CT molecular complexity index is 648. The minimum atomic E-state index is -1.07. The van der Waals surface area contributed by atoms with Gasteiger partial charge in [0.15, 0.2) is 0 Å². The van der Waals surface area contributed by atoms with Crippen LogP contribution >= 0.6 is 11.8 Å². The molecule has 0 radical (unpaired) electrons. The number of nitrogens with zero attached hydrogens (tertiary/aromatic N) is 2. The molecule has 0 aliphatic heterocycles. The lowest BCUT2D eigenvalue weighted by Crippen LogP contribution is -2.41. The second-order valence-electron chi connectivity index (χ2n) is 4.10. The molecular formula is C13H13N3O3S. The predicted molar refractivity (Wildman–Crippen MR) is 75.5 cm³/mol. The number of fused-ring (bicyclic) bond motifs is 1. The van der Waals surface area contributed by atoms with Crippen LogP contribution < -0.4 is 5.32 Å². The van der Waals surface area contributed by atoms with Crippen molar-refractivity contribution >= 4 is 34.7 Å². The van der Waals surface area contributed by atoms with Crippen LogP contribution in [0, 0.1) is 0 Å². The fourth-order valence-corrected chi connectivity index (χ4v) is 2.45. The van der Waals surface area contributed by atoms with Crippen molar-refractivity contribution < 1.29 is 14.7 Å². The first kappa shape index (κ1) is 14.3. The average Bonchev–Trinajstić information content (AvgIpc) is 2.42. The van der Waals surface area contributed by atoms with Crippen LogP contribution in [0.4, 0.5) is 0 Å². The van der Waals surface area contributed by atoms with E-state index in [2.05, 4.69) is 15.3 Å². The van der Waals surface area contributed by atoms with Crippen LogP contribution in [0.15, 0.2) is 35.5 Å². The highest BCUT2D eigenvalue weighted by atomic mass is 32.2. The Labute approximate surface area is 119 Å². The number of aromatic nitrogens is 2. The fourth-order valence-electron chi connectivity index (χ4n) is 1.60. The van der Waals surface area contributed by atoms with Gasteiger partial charge in [-0.3, -0.25) is 9.78 Å². The Morgan fingerprint density at radius 3 is 2.70 bits per heavy atom. The SMILES string of the molecule is CC(=O)N[C@@H](CSc1cnc2ccccc2n1)C(=O)O. The molecule has 0 saturated carbocycles. The molecule has 6 nitrogen and oxygen atoms in total. The molecular weight excluding hydrogens is 278 g/mol. The average molecular weight is 291 g/mol. The number of hydrogen-bond acceptors (Lipinski definition) is 5. The maximum Gasteiger partial charge on any atom is 0.327 e. The van der Waals surface area contributed by atoms with Gasteiger partial charge in [-0.1, -0.05) is 12.1 Å². The Morgan fingerprint density at radius 2 is 2.05 bits per heavy atom. The molecule has 0 saturated heterocycles. The van der Waals surface area contributed by atoms with E-state index < -0.39 is 12.0 Å². The van der Waals surface area contributed by atoms with Crippen LogP contribution in [0.2, 0.25) is 0 Å². The third-order valence-electron chi connectivity index (χ3n) is 2.50. The number of carboxylic acids is 1. The summed E-state index contributed by atoms with van der Waals surface area (Å²) in [5.74, 6) is -1.24. The molecule has 0 bridgehead atoms. The van der Waals surface area contributed by atoms with Gasteiger partial charge in [0.25, 0.3) is 0 Å². The van der Waals surface area contributed by atoms with Crippen LogP contribution in [0.3, 0.4) is 0 Å². The van der Waals surface area contributed by atoms with E-state index in [4.69, 9.17) is 5.11 Å². The van der Waals surface area contributed by atoms with Gasteiger partial charge >= 0.3 is 5.97 Å². The van der Waals surface area contributed by atoms with E-state index in [1.165, 1.54) is 18.7 Å². The van der Waals surface area contributed by atoms with Gasteiger partial charge in [-0.15, -0.1) is 11.8 Å². The van der Waals surface area contributed by atoms with Crippen molar-refractivity contribution in [1.29, 1.82) is 0 Å². The van der Waals surface area contributed by atoms with Gasteiger partial charge < -0.3 is 10.4 Å². The highest BCUT2D eigenvalue weighted by molar-refractivity contribution is 7.99. The second kappa shape index (κ2) is 6.33. The van der Waals surface area contributed by atoms with Gasteiger partial charge in [0.05, 0.1) is 17.2 Å². The number of nitrogens with one attached hydrogen (secondary N) is 1. The van der Waals surface area contributed by atoms with Crippen molar-refractivity contribution in [3.05, 3.63) is 30.5 Å². The molecule has 20 heavy (non-hydrogen) atoms. The molecule has 104 valence electrons. The van der Waals surface area contributed by atoms with E-state index in [1.54, 1.807) is 6.20 Å². The monoisotopic (exact) mass is 291 g/mol. The van der Waals surface area contributed by atoms with Crippen molar-refractivity contribution in [3.63, 3.8) is 0 Å². The largest absolute Gasteiger partial charge is 0.480 e. The van der Waals surface area contributed by atoms with E-state index in [0.717, 1.165) is 11.0 Å². The smallest absolute Gasteiger partial charge is 0.327 e. The Balaban J connectivity index is 2.07. The number of rotatable bonds is 5. The summed E-state index contributed by atoms with van der Waals surface area (Å²) in [4.78, 5) is 30.6. The third-order valence-corrected chi connectivity index (χ3v) is 3.49. The van der Waals surface area contributed by atoms with E-state index in [9.17, 15) is 9.59 Å². The highest BCUT2D eigenvalue weighted by Gasteiger charge is 2.18. The van der Waals surface area contributed by atoms with Crippen molar-refractivity contribution in [2.75, 3.05) is 5.75 Å².